The van der Waals surface area contributed by atoms with E-state index in [9.17, 15) is 4.79 Å². The van der Waals surface area contributed by atoms with Crippen molar-refractivity contribution in [3.63, 3.8) is 0 Å². The highest BCUT2D eigenvalue weighted by Gasteiger charge is 2.25. The van der Waals surface area contributed by atoms with E-state index in [1.54, 1.807) is 6.26 Å². The average Bonchev–Trinajstić information content (AvgIpc) is 3.27. The van der Waals surface area contributed by atoms with Crippen molar-refractivity contribution in [2.45, 2.75) is 44.7 Å². The number of nitrogens with one attached hydrogen (secondary N) is 2. The first-order valence-electron chi connectivity index (χ1n) is 9.17. The zero-order chi connectivity index (χ0) is 17.2. The van der Waals surface area contributed by atoms with Gasteiger partial charge in [0.2, 0.25) is 0 Å². The van der Waals surface area contributed by atoms with Gasteiger partial charge >= 0.3 is 6.03 Å². The van der Waals surface area contributed by atoms with Gasteiger partial charge in [-0.1, -0.05) is 18.2 Å². The molecule has 5 heteroatoms. The summed E-state index contributed by atoms with van der Waals surface area (Å²) in [7, 11) is 0. The van der Waals surface area contributed by atoms with Gasteiger partial charge in [-0.25, -0.2) is 4.79 Å². The van der Waals surface area contributed by atoms with Crippen LogP contribution in [0, 0.1) is 0 Å². The molecule has 5 nitrogen and oxygen atoms in total. The second kappa shape index (κ2) is 6.82. The van der Waals surface area contributed by atoms with Crippen LogP contribution in [0.3, 0.4) is 0 Å². The van der Waals surface area contributed by atoms with Crippen LogP contribution in [0.4, 0.5) is 10.5 Å². The predicted molar refractivity (Wildman–Crippen MR) is 97.9 cm³/mol. The van der Waals surface area contributed by atoms with Crippen LogP contribution in [0.25, 0.3) is 0 Å². The van der Waals surface area contributed by atoms with Crippen molar-refractivity contribution in [1.29, 1.82) is 0 Å². The molecule has 4 rings (SSSR count). The number of fused-ring (bicyclic) bond motifs is 2. The molecule has 1 aromatic carbocycles. The lowest BCUT2D eigenvalue weighted by atomic mass is 9.93. The molecule has 2 amide bonds. The third-order valence-corrected chi connectivity index (χ3v) is 5.37. The van der Waals surface area contributed by atoms with Gasteiger partial charge in [0.1, 0.15) is 5.76 Å². The molecule has 2 N–H and O–H groups in total. The topological polar surface area (TPSA) is 57.5 Å². The second-order valence-electron chi connectivity index (χ2n) is 7.02. The van der Waals surface area contributed by atoms with Crippen molar-refractivity contribution in [2.75, 3.05) is 18.0 Å². The number of anilines is 1. The zero-order valence-corrected chi connectivity index (χ0v) is 14.6. The van der Waals surface area contributed by atoms with Crippen molar-refractivity contribution in [3.05, 3.63) is 53.5 Å². The number of benzene rings is 1. The molecule has 0 saturated carbocycles. The van der Waals surface area contributed by atoms with Gasteiger partial charge in [0.05, 0.1) is 12.3 Å². The molecule has 2 aromatic rings. The Hall–Kier alpha value is -2.43. The number of aryl methyl sites for hydroxylation is 1. The highest BCUT2D eigenvalue weighted by molar-refractivity contribution is 5.74. The molecule has 0 radical (unpaired) electrons. The number of para-hydroxylation sites is 1. The molecular weight excluding hydrogens is 314 g/mol. The van der Waals surface area contributed by atoms with E-state index in [-0.39, 0.29) is 18.1 Å². The van der Waals surface area contributed by atoms with Crippen molar-refractivity contribution in [1.82, 2.24) is 10.6 Å². The van der Waals surface area contributed by atoms with Crippen LogP contribution >= 0.6 is 0 Å². The van der Waals surface area contributed by atoms with Crippen molar-refractivity contribution < 1.29 is 9.21 Å². The molecular formula is C20H25N3O2. The minimum Gasteiger partial charge on any atom is -0.469 e. The summed E-state index contributed by atoms with van der Waals surface area (Å²) in [6.07, 6.45) is 5.78. The maximum Gasteiger partial charge on any atom is 0.315 e. The third kappa shape index (κ3) is 3.23. The van der Waals surface area contributed by atoms with E-state index in [1.807, 2.05) is 6.07 Å². The Bertz CT molecular complexity index is 755. The SMILES string of the molecule is CC(CNC(=O)NC1CCCc2occc21)N1CCc2ccccc21. The standard InChI is InChI=1S/C20H25N3O2/c1-14(23-11-9-15-5-2-3-7-18(15)23)13-21-20(24)22-17-6-4-8-19-16(17)10-12-25-19/h2-3,5,7,10,12,14,17H,4,6,8-9,11,13H2,1H3,(H2,21,22,24). The van der Waals surface area contributed by atoms with Crippen LogP contribution in [0.1, 0.15) is 42.7 Å². The molecule has 1 aliphatic carbocycles. The van der Waals surface area contributed by atoms with Crippen molar-refractivity contribution >= 4 is 11.7 Å². The van der Waals surface area contributed by atoms with Crippen LogP contribution < -0.4 is 15.5 Å². The van der Waals surface area contributed by atoms with E-state index in [2.05, 4.69) is 46.7 Å². The number of hydrogen-bond donors (Lipinski definition) is 2. The van der Waals surface area contributed by atoms with Gasteiger partial charge in [-0.3, -0.25) is 0 Å². The number of furan rings is 1. The van der Waals surface area contributed by atoms with E-state index < -0.39 is 0 Å². The summed E-state index contributed by atoms with van der Waals surface area (Å²) in [5, 5.41) is 6.14. The Morgan fingerprint density at radius 3 is 3.12 bits per heavy atom. The number of amides is 2. The average molecular weight is 339 g/mol. The summed E-state index contributed by atoms with van der Waals surface area (Å²) in [6.45, 7) is 3.81. The number of hydrogen-bond acceptors (Lipinski definition) is 3. The summed E-state index contributed by atoms with van der Waals surface area (Å²) in [4.78, 5) is 14.7. The summed E-state index contributed by atoms with van der Waals surface area (Å²) < 4.78 is 5.49. The molecule has 2 heterocycles. The summed E-state index contributed by atoms with van der Waals surface area (Å²) in [5.41, 5.74) is 3.82. The van der Waals surface area contributed by atoms with Crippen LogP contribution in [-0.4, -0.2) is 25.2 Å². The second-order valence-corrected chi connectivity index (χ2v) is 7.02. The minimum atomic E-state index is -0.0987. The zero-order valence-electron chi connectivity index (χ0n) is 14.6. The highest BCUT2D eigenvalue weighted by Crippen LogP contribution is 2.30. The predicted octanol–water partition coefficient (Wildman–Crippen LogP) is 3.41. The lowest BCUT2D eigenvalue weighted by Crippen LogP contribution is -2.46. The molecule has 2 unspecified atom stereocenters. The fraction of sp³-hybridized carbons (Fsp3) is 0.450. The monoisotopic (exact) mass is 339 g/mol. The Labute approximate surface area is 148 Å². The van der Waals surface area contributed by atoms with Gasteiger partial charge in [0.25, 0.3) is 0 Å². The Morgan fingerprint density at radius 2 is 2.20 bits per heavy atom. The smallest absolute Gasteiger partial charge is 0.315 e. The van der Waals surface area contributed by atoms with E-state index in [0.29, 0.717) is 6.54 Å². The number of urea groups is 1. The fourth-order valence-corrected chi connectivity index (χ4v) is 4.02. The number of nitrogens with zero attached hydrogens (tertiary/aromatic N) is 1. The quantitative estimate of drug-likeness (QED) is 0.897. The first kappa shape index (κ1) is 16.1. The number of rotatable bonds is 4. The van der Waals surface area contributed by atoms with Crippen LogP contribution in [0.2, 0.25) is 0 Å². The minimum absolute atomic E-state index is 0.0605. The molecule has 0 spiro atoms. The largest absolute Gasteiger partial charge is 0.469 e. The molecule has 132 valence electrons. The molecule has 25 heavy (non-hydrogen) atoms. The van der Waals surface area contributed by atoms with Crippen LogP contribution in [-0.2, 0) is 12.8 Å². The van der Waals surface area contributed by atoms with Gasteiger partial charge in [-0.15, -0.1) is 0 Å². The van der Waals surface area contributed by atoms with Gasteiger partial charge in [-0.05, 0) is 43.9 Å². The lowest BCUT2D eigenvalue weighted by Gasteiger charge is -2.28. The van der Waals surface area contributed by atoms with Crippen LogP contribution in [0.15, 0.2) is 41.0 Å². The first-order chi connectivity index (χ1) is 12.2. The van der Waals surface area contributed by atoms with Gasteiger partial charge in [-0.2, -0.15) is 0 Å². The van der Waals surface area contributed by atoms with Gasteiger partial charge in [0, 0.05) is 36.8 Å². The molecule has 0 saturated heterocycles. The molecule has 2 atom stereocenters. The summed E-state index contributed by atoms with van der Waals surface area (Å²) >= 11 is 0. The molecule has 1 aromatic heterocycles. The maximum absolute atomic E-state index is 12.3. The van der Waals surface area contributed by atoms with Gasteiger partial charge < -0.3 is 20.0 Å². The van der Waals surface area contributed by atoms with E-state index in [0.717, 1.165) is 43.6 Å². The third-order valence-electron chi connectivity index (χ3n) is 5.37. The molecule has 1 aliphatic heterocycles. The van der Waals surface area contributed by atoms with E-state index >= 15 is 0 Å². The molecule has 0 bridgehead atoms. The molecule has 2 aliphatic rings. The normalized spacial score (nSPS) is 19.9. The Balaban J connectivity index is 1.31. The fourth-order valence-electron chi connectivity index (χ4n) is 4.02. The summed E-state index contributed by atoms with van der Waals surface area (Å²) in [5.74, 6) is 1.01. The maximum atomic E-state index is 12.3. The highest BCUT2D eigenvalue weighted by atomic mass is 16.3. The van der Waals surface area contributed by atoms with E-state index in [4.69, 9.17) is 4.42 Å². The van der Waals surface area contributed by atoms with E-state index in [1.165, 1.54) is 11.3 Å². The number of carbonyl (C=O) groups excluding carboxylic acids is 1. The molecule has 0 fully saturated rings. The van der Waals surface area contributed by atoms with Gasteiger partial charge in [0.15, 0.2) is 0 Å². The van der Waals surface area contributed by atoms with Crippen molar-refractivity contribution in [2.24, 2.45) is 0 Å². The summed E-state index contributed by atoms with van der Waals surface area (Å²) in [6, 6.07) is 10.7. The Kier molecular flexibility index (Phi) is 4.38. The number of carbonyl (C=O) groups is 1. The van der Waals surface area contributed by atoms with Crippen molar-refractivity contribution in [3.8, 4) is 0 Å². The Morgan fingerprint density at radius 1 is 1.32 bits per heavy atom. The van der Waals surface area contributed by atoms with Crippen LogP contribution in [0.5, 0.6) is 0 Å². The first-order valence-corrected chi connectivity index (χ1v) is 9.17. The lowest BCUT2D eigenvalue weighted by molar-refractivity contribution is 0.234.